The second kappa shape index (κ2) is 6.11. The average Bonchev–Trinajstić information content (AvgIpc) is 2.31. The Balaban J connectivity index is 2.82. The number of hydrogen-bond acceptors (Lipinski definition) is 4. The first-order valence-corrected chi connectivity index (χ1v) is 5.66. The van der Waals surface area contributed by atoms with Gasteiger partial charge in [-0.2, -0.15) is 0 Å². The van der Waals surface area contributed by atoms with Crippen molar-refractivity contribution in [3.05, 3.63) is 39.4 Å². The lowest BCUT2D eigenvalue weighted by Gasteiger charge is -2.13. The third-order valence-electron chi connectivity index (χ3n) is 2.86. The number of benzene rings is 1. The molecule has 6 heteroatoms. The monoisotopic (exact) mass is 252 g/mol. The number of carboxylic acid groups (broad SMARTS) is 1. The van der Waals surface area contributed by atoms with Gasteiger partial charge in [0.25, 0.3) is 5.69 Å². The first-order valence-electron chi connectivity index (χ1n) is 5.66. The Bertz CT molecular complexity index is 459. The van der Waals surface area contributed by atoms with Crippen LogP contribution in [0.4, 0.5) is 5.69 Å². The summed E-state index contributed by atoms with van der Waals surface area (Å²) in [6.07, 6.45) is 0.462. The van der Waals surface area contributed by atoms with Gasteiger partial charge in [-0.05, 0) is 18.9 Å². The van der Waals surface area contributed by atoms with E-state index in [9.17, 15) is 14.9 Å². The number of nitro groups is 1. The van der Waals surface area contributed by atoms with E-state index in [0.717, 1.165) is 5.56 Å². The fourth-order valence-electron chi connectivity index (χ4n) is 1.70. The van der Waals surface area contributed by atoms with Crippen LogP contribution in [-0.4, -0.2) is 22.0 Å². The zero-order valence-corrected chi connectivity index (χ0v) is 10.3. The summed E-state index contributed by atoms with van der Waals surface area (Å²) in [5.41, 5.74) is 1.36. The molecule has 18 heavy (non-hydrogen) atoms. The Kier molecular flexibility index (Phi) is 4.79. The number of hydrogen-bond donors (Lipinski definition) is 2. The molecule has 1 unspecified atom stereocenters. The maximum absolute atomic E-state index is 10.8. The summed E-state index contributed by atoms with van der Waals surface area (Å²) in [6.45, 7) is 3.74. The number of rotatable bonds is 6. The van der Waals surface area contributed by atoms with Gasteiger partial charge >= 0.3 is 5.97 Å². The second-order valence-electron chi connectivity index (χ2n) is 4.00. The number of nitrogens with zero attached hydrogens (tertiary/aromatic N) is 1. The summed E-state index contributed by atoms with van der Waals surface area (Å²) in [4.78, 5) is 21.2. The largest absolute Gasteiger partial charge is 0.480 e. The molecule has 0 fully saturated rings. The number of carbonyl (C=O) groups is 1. The van der Waals surface area contributed by atoms with Crippen LogP contribution in [0.15, 0.2) is 18.2 Å². The van der Waals surface area contributed by atoms with E-state index in [2.05, 4.69) is 5.32 Å². The molecule has 0 amide bonds. The molecule has 0 bridgehead atoms. The molecule has 0 aliphatic carbocycles. The number of nitro benzene ring substituents is 1. The first-order chi connectivity index (χ1) is 8.47. The zero-order valence-electron chi connectivity index (χ0n) is 10.3. The fourth-order valence-corrected chi connectivity index (χ4v) is 1.70. The Morgan fingerprint density at radius 3 is 2.72 bits per heavy atom. The van der Waals surface area contributed by atoms with Crippen LogP contribution < -0.4 is 5.32 Å². The first kappa shape index (κ1) is 14.1. The van der Waals surface area contributed by atoms with Gasteiger partial charge in [-0.25, -0.2) is 0 Å². The highest BCUT2D eigenvalue weighted by Crippen LogP contribution is 2.20. The number of aliphatic carboxylic acids is 1. The van der Waals surface area contributed by atoms with Crippen LogP contribution >= 0.6 is 0 Å². The maximum atomic E-state index is 10.8. The summed E-state index contributed by atoms with van der Waals surface area (Å²) < 4.78 is 0. The van der Waals surface area contributed by atoms with E-state index in [-0.39, 0.29) is 5.69 Å². The van der Waals surface area contributed by atoms with Gasteiger partial charge in [0.05, 0.1) is 4.92 Å². The SMILES string of the molecule is CCC(NCc1cccc([N+](=O)[O-])c1C)C(=O)O. The summed E-state index contributed by atoms with van der Waals surface area (Å²) in [7, 11) is 0. The number of nitrogens with one attached hydrogen (secondary N) is 1. The lowest BCUT2D eigenvalue weighted by atomic mass is 10.1. The quantitative estimate of drug-likeness (QED) is 0.595. The van der Waals surface area contributed by atoms with Crippen LogP contribution in [0.2, 0.25) is 0 Å². The minimum atomic E-state index is -0.916. The van der Waals surface area contributed by atoms with E-state index in [0.29, 0.717) is 18.5 Å². The number of carboxylic acids is 1. The molecule has 0 aliphatic heterocycles. The summed E-state index contributed by atoms with van der Waals surface area (Å²) in [6, 6.07) is 4.16. The molecule has 0 aliphatic rings. The molecule has 0 aromatic heterocycles. The minimum absolute atomic E-state index is 0.0534. The van der Waals surface area contributed by atoms with E-state index in [1.807, 2.05) is 0 Å². The molecule has 0 radical (unpaired) electrons. The van der Waals surface area contributed by atoms with Crippen molar-refractivity contribution in [3.63, 3.8) is 0 Å². The van der Waals surface area contributed by atoms with Crippen molar-refractivity contribution in [1.82, 2.24) is 5.32 Å². The van der Waals surface area contributed by atoms with Gasteiger partial charge in [0, 0.05) is 18.2 Å². The topological polar surface area (TPSA) is 92.5 Å². The second-order valence-corrected chi connectivity index (χ2v) is 4.00. The molecule has 0 heterocycles. The fraction of sp³-hybridized carbons (Fsp3) is 0.417. The van der Waals surface area contributed by atoms with Crippen molar-refractivity contribution in [1.29, 1.82) is 0 Å². The smallest absolute Gasteiger partial charge is 0.320 e. The van der Waals surface area contributed by atoms with Crippen LogP contribution in [-0.2, 0) is 11.3 Å². The third-order valence-corrected chi connectivity index (χ3v) is 2.86. The van der Waals surface area contributed by atoms with Gasteiger partial charge in [-0.1, -0.05) is 19.1 Å². The minimum Gasteiger partial charge on any atom is -0.480 e. The average molecular weight is 252 g/mol. The molecule has 1 aromatic carbocycles. The van der Waals surface area contributed by atoms with Crippen molar-refractivity contribution < 1.29 is 14.8 Å². The molecule has 1 rings (SSSR count). The third kappa shape index (κ3) is 3.27. The standard InChI is InChI=1S/C12H16N2O4/c1-3-10(12(15)16)13-7-9-5-4-6-11(8(9)2)14(17)18/h4-6,10,13H,3,7H2,1-2H3,(H,15,16). The van der Waals surface area contributed by atoms with Gasteiger partial charge in [0.2, 0.25) is 0 Å². The van der Waals surface area contributed by atoms with Gasteiger partial charge in [-0.15, -0.1) is 0 Å². The lowest BCUT2D eigenvalue weighted by molar-refractivity contribution is -0.385. The Morgan fingerprint density at radius 1 is 1.56 bits per heavy atom. The molecular weight excluding hydrogens is 236 g/mol. The summed E-state index contributed by atoms with van der Waals surface area (Å²) in [5.74, 6) is -0.916. The molecular formula is C12H16N2O4. The van der Waals surface area contributed by atoms with Gasteiger partial charge in [-0.3, -0.25) is 14.9 Å². The lowest BCUT2D eigenvalue weighted by Crippen LogP contribution is -2.35. The van der Waals surface area contributed by atoms with Crippen molar-refractivity contribution in [2.45, 2.75) is 32.9 Å². The van der Waals surface area contributed by atoms with Gasteiger partial charge in [0.15, 0.2) is 0 Å². The maximum Gasteiger partial charge on any atom is 0.320 e. The normalized spacial score (nSPS) is 12.1. The highest BCUT2D eigenvalue weighted by atomic mass is 16.6. The van der Waals surface area contributed by atoms with Crippen LogP contribution in [0.3, 0.4) is 0 Å². The molecule has 1 atom stereocenters. The zero-order chi connectivity index (χ0) is 13.7. The van der Waals surface area contributed by atoms with E-state index in [4.69, 9.17) is 5.11 Å². The molecule has 6 nitrogen and oxygen atoms in total. The molecule has 2 N–H and O–H groups in total. The van der Waals surface area contributed by atoms with Crippen molar-refractivity contribution in [2.24, 2.45) is 0 Å². The van der Waals surface area contributed by atoms with Crippen LogP contribution in [0, 0.1) is 17.0 Å². The van der Waals surface area contributed by atoms with Crippen molar-refractivity contribution >= 4 is 11.7 Å². The molecule has 1 aromatic rings. The summed E-state index contributed by atoms with van der Waals surface area (Å²) >= 11 is 0. The molecule has 98 valence electrons. The van der Waals surface area contributed by atoms with Gasteiger partial charge < -0.3 is 10.4 Å². The van der Waals surface area contributed by atoms with E-state index in [1.54, 1.807) is 26.0 Å². The Morgan fingerprint density at radius 2 is 2.22 bits per heavy atom. The predicted octanol–water partition coefficient (Wildman–Crippen LogP) is 1.86. The van der Waals surface area contributed by atoms with Crippen molar-refractivity contribution in [2.75, 3.05) is 0 Å². The highest BCUT2D eigenvalue weighted by molar-refractivity contribution is 5.73. The predicted molar refractivity (Wildman–Crippen MR) is 66.4 cm³/mol. The summed E-state index contributed by atoms with van der Waals surface area (Å²) in [5, 5.41) is 22.5. The van der Waals surface area contributed by atoms with E-state index < -0.39 is 16.9 Å². The van der Waals surface area contributed by atoms with Crippen LogP contribution in [0.1, 0.15) is 24.5 Å². The Labute approximate surface area is 105 Å². The van der Waals surface area contributed by atoms with Gasteiger partial charge in [0.1, 0.15) is 6.04 Å². The van der Waals surface area contributed by atoms with Crippen LogP contribution in [0.5, 0.6) is 0 Å². The molecule has 0 saturated carbocycles. The molecule has 0 spiro atoms. The Hall–Kier alpha value is -1.95. The van der Waals surface area contributed by atoms with E-state index in [1.165, 1.54) is 6.07 Å². The highest BCUT2D eigenvalue weighted by Gasteiger charge is 2.16. The van der Waals surface area contributed by atoms with Crippen molar-refractivity contribution in [3.8, 4) is 0 Å². The van der Waals surface area contributed by atoms with Crippen LogP contribution in [0.25, 0.3) is 0 Å². The molecule has 0 saturated heterocycles. The van der Waals surface area contributed by atoms with E-state index >= 15 is 0 Å².